The van der Waals surface area contributed by atoms with E-state index in [0.717, 1.165) is 16.7 Å². The second kappa shape index (κ2) is 6.57. The minimum atomic E-state index is -1.43. The van der Waals surface area contributed by atoms with Gasteiger partial charge >= 0.3 is 5.69 Å². The first-order valence-corrected chi connectivity index (χ1v) is 11.1. The van der Waals surface area contributed by atoms with Gasteiger partial charge in [-0.2, -0.15) is 5.10 Å². The molecule has 0 spiro atoms. The van der Waals surface area contributed by atoms with Crippen molar-refractivity contribution in [3.05, 3.63) is 51.2 Å². The summed E-state index contributed by atoms with van der Waals surface area (Å²) in [6, 6.07) is 6.04. The van der Waals surface area contributed by atoms with Crippen LogP contribution in [-0.2, 0) is 20.2 Å². The monoisotopic (exact) mass is 329 g/mol. The number of rotatable bonds is 3. The van der Waals surface area contributed by atoms with E-state index in [1.165, 1.54) is 9.25 Å². The fourth-order valence-electron chi connectivity index (χ4n) is 2.18. The van der Waals surface area contributed by atoms with Crippen molar-refractivity contribution >= 4 is 8.07 Å². The summed E-state index contributed by atoms with van der Waals surface area (Å²) in [5.41, 5.74) is 6.17. The molecule has 0 aliphatic carbocycles. The Kier molecular flexibility index (Phi) is 4.93. The van der Waals surface area contributed by atoms with Crippen LogP contribution in [0.5, 0.6) is 0 Å². The minimum Gasteiger partial charge on any atom is -0.388 e. The zero-order valence-electron chi connectivity index (χ0n) is 14.3. The van der Waals surface area contributed by atoms with Crippen molar-refractivity contribution in [1.82, 2.24) is 14.3 Å². The van der Waals surface area contributed by atoms with Crippen LogP contribution in [0.3, 0.4) is 0 Å². The Morgan fingerprint density at radius 1 is 1.30 bits per heavy atom. The first-order valence-electron chi connectivity index (χ1n) is 7.57. The molecule has 1 N–H and O–H groups in total. The van der Waals surface area contributed by atoms with Crippen molar-refractivity contribution in [2.75, 3.05) is 0 Å². The molecular weight excluding hydrogens is 306 g/mol. The quantitative estimate of drug-likeness (QED) is 0.688. The highest BCUT2D eigenvalue weighted by Gasteiger charge is 2.12. The molecule has 0 unspecified atom stereocenters. The molecule has 2 aromatic rings. The van der Waals surface area contributed by atoms with E-state index >= 15 is 0 Å². The van der Waals surface area contributed by atoms with Gasteiger partial charge in [0.05, 0.1) is 6.54 Å². The fraction of sp³-hybridized carbons (Fsp3) is 0.412. The maximum Gasteiger partial charge on any atom is 0.346 e. The molecule has 0 saturated heterocycles. The smallest absolute Gasteiger partial charge is 0.346 e. The fourth-order valence-corrected chi connectivity index (χ4v) is 2.70. The van der Waals surface area contributed by atoms with Gasteiger partial charge in [0.1, 0.15) is 14.7 Å². The van der Waals surface area contributed by atoms with E-state index in [-0.39, 0.29) is 12.3 Å². The number of benzene rings is 1. The van der Waals surface area contributed by atoms with Crippen LogP contribution < -0.4 is 5.69 Å². The van der Waals surface area contributed by atoms with Gasteiger partial charge in [0.25, 0.3) is 0 Å². The molecule has 6 heteroatoms. The second-order valence-electron chi connectivity index (χ2n) is 6.71. The molecule has 1 heterocycles. The van der Waals surface area contributed by atoms with Gasteiger partial charge < -0.3 is 5.11 Å². The Labute approximate surface area is 137 Å². The molecule has 0 saturated carbocycles. The predicted molar refractivity (Wildman–Crippen MR) is 93.9 cm³/mol. The Bertz CT molecular complexity index is 832. The Morgan fingerprint density at radius 2 is 2.00 bits per heavy atom. The Balaban J connectivity index is 2.41. The van der Waals surface area contributed by atoms with Gasteiger partial charge in [0, 0.05) is 12.6 Å². The number of aryl methyl sites for hydroxylation is 2. The summed E-state index contributed by atoms with van der Waals surface area (Å²) in [4.78, 5) is 12.1. The molecule has 5 nitrogen and oxygen atoms in total. The third-order valence-corrected chi connectivity index (χ3v) is 4.36. The first-order chi connectivity index (χ1) is 10.7. The van der Waals surface area contributed by atoms with E-state index in [9.17, 15) is 9.90 Å². The van der Waals surface area contributed by atoms with Crippen molar-refractivity contribution < 1.29 is 5.11 Å². The highest BCUT2D eigenvalue weighted by Crippen LogP contribution is 2.13. The third kappa shape index (κ3) is 4.21. The summed E-state index contributed by atoms with van der Waals surface area (Å²) in [5.74, 6) is 3.61. The second-order valence-corrected chi connectivity index (χ2v) is 11.5. The SMILES string of the molecule is Cc1ccc(C#C[Si](C)(C)C)cc1Cn1c(CO)nn(C)c1=O. The van der Waals surface area contributed by atoms with Crippen molar-refractivity contribution in [3.8, 4) is 11.5 Å². The van der Waals surface area contributed by atoms with E-state index in [2.05, 4.69) is 36.2 Å². The topological polar surface area (TPSA) is 60.0 Å². The van der Waals surface area contributed by atoms with Crippen LogP contribution in [0.15, 0.2) is 23.0 Å². The molecule has 0 amide bonds. The molecule has 0 radical (unpaired) electrons. The molecular formula is C17H23N3O2Si. The van der Waals surface area contributed by atoms with Crippen molar-refractivity contribution in [2.24, 2.45) is 7.05 Å². The number of hydrogen-bond donors (Lipinski definition) is 1. The van der Waals surface area contributed by atoms with Crippen LogP contribution >= 0.6 is 0 Å². The van der Waals surface area contributed by atoms with Gasteiger partial charge in [-0.15, -0.1) is 5.54 Å². The molecule has 0 atom stereocenters. The molecule has 1 aromatic carbocycles. The number of aliphatic hydroxyl groups excluding tert-OH is 1. The lowest BCUT2D eigenvalue weighted by Gasteiger charge is -2.09. The van der Waals surface area contributed by atoms with E-state index < -0.39 is 8.07 Å². The van der Waals surface area contributed by atoms with Crippen LogP contribution in [-0.4, -0.2) is 27.5 Å². The summed E-state index contributed by atoms with van der Waals surface area (Å²) in [6.07, 6.45) is 0. The van der Waals surface area contributed by atoms with Crippen molar-refractivity contribution in [1.29, 1.82) is 0 Å². The van der Waals surface area contributed by atoms with Crippen molar-refractivity contribution in [2.45, 2.75) is 39.7 Å². The van der Waals surface area contributed by atoms with Crippen LogP contribution in [0, 0.1) is 18.4 Å². The van der Waals surface area contributed by atoms with E-state index in [0.29, 0.717) is 12.4 Å². The highest BCUT2D eigenvalue weighted by atomic mass is 28.3. The van der Waals surface area contributed by atoms with Gasteiger partial charge in [0.15, 0.2) is 5.82 Å². The molecule has 122 valence electrons. The summed E-state index contributed by atoms with van der Waals surface area (Å²) >= 11 is 0. The molecule has 0 fully saturated rings. The van der Waals surface area contributed by atoms with Crippen LogP contribution in [0.25, 0.3) is 0 Å². The third-order valence-electron chi connectivity index (χ3n) is 3.49. The van der Waals surface area contributed by atoms with Crippen LogP contribution in [0.1, 0.15) is 22.5 Å². The van der Waals surface area contributed by atoms with Gasteiger partial charge in [0.2, 0.25) is 0 Å². The Morgan fingerprint density at radius 3 is 2.61 bits per heavy atom. The Hall–Kier alpha value is -2.10. The lowest BCUT2D eigenvalue weighted by atomic mass is 10.1. The summed E-state index contributed by atoms with van der Waals surface area (Å²) < 4.78 is 2.74. The van der Waals surface area contributed by atoms with Gasteiger partial charge in [-0.25, -0.2) is 9.48 Å². The summed E-state index contributed by atoms with van der Waals surface area (Å²) in [6.45, 7) is 8.75. The maximum absolute atomic E-state index is 12.1. The lowest BCUT2D eigenvalue weighted by molar-refractivity contribution is 0.264. The van der Waals surface area contributed by atoms with E-state index in [1.54, 1.807) is 7.05 Å². The summed E-state index contributed by atoms with van der Waals surface area (Å²) in [5, 5.41) is 13.4. The zero-order valence-corrected chi connectivity index (χ0v) is 15.3. The van der Waals surface area contributed by atoms with Crippen molar-refractivity contribution in [3.63, 3.8) is 0 Å². The average Bonchev–Trinajstić information content (AvgIpc) is 2.75. The summed E-state index contributed by atoms with van der Waals surface area (Å²) in [7, 11) is 0.156. The van der Waals surface area contributed by atoms with Gasteiger partial charge in [-0.1, -0.05) is 31.6 Å². The molecule has 23 heavy (non-hydrogen) atoms. The molecule has 0 bridgehead atoms. The highest BCUT2D eigenvalue weighted by molar-refractivity contribution is 6.83. The van der Waals surface area contributed by atoms with E-state index in [1.807, 2.05) is 25.1 Å². The molecule has 2 rings (SSSR count). The van der Waals surface area contributed by atoms with E-state index in [4.69, 9.17) is 0 Å². The normalized spacial score (nSPS) is 11.2. The average molecular weight is 329 g/mol. The number of aliphatic hydroxyl groups is 1. The molecule has 0 aliphatic heterocycles. The maximum atomic E-state index is 12.1. The number of nitrogens with zero attached hydrogens (tertiary/aromatic N) is 3. The minimum absolute atomic E-state index is 0.230. The molecule has 0 aliphatic rings. The van der Waals surface area contributed by atoms with Gasteiger partial charge in [-0.05, 0) is 30.2 Å². The predicted octanol–water partition coefficient (Wildman–Crippen LogP) is 1.66. The van der Waals surface area contributed by atoms with Crippen LogP contribution in [0.4, 0.5) is 0 Å². The van der Waals surface area contributed by atoms with Crippen LogP contribution in [0.2, 0.25) is 19.6 Å². The number of aromatic nitrogens is 3. The standard InChI is InChI=1S/C17H23N3O2Si/c1-13-6-7-14(8-9-23(3,4)5)10-15(13)11-20-16(12-21)18-19(2)17(20)22/h6-7,10,21H,11-12H2,1-5H3. The molecule has 1 aromatic heterocycles. The largest absolute Gasteiger partial charge is 0.388 e. The first kappa shape index (κ1) is 17.3. The zero-order chi connectivity index (χ0) is 17.2. The number of hydrogen-bond acceptors (Lipinski definition) is 3. The lowest BCUT2D eigenvalue weighted by Crippen LogP contribution is -2.24. The van der Waals surface area contributed by atoms with Gasteiger partial charge in [-0.3, -0.25) is 4.57 Å².